The van der Waals surface area contributed by atoms with Crippen molar-refractivity contribution in [3.05, 3.63) is 10.1 Å². The number of hydrogen-bond donors (Lipinski definition) is 1. The Balaban J connectivity index is 1.48. The minimum atomic E-state index is -1.34. The average molecular weight is 513 g/mol. The lowest BCUT2D eigenvalue weighted by Crippen LogP contribution is -2.47. The number of carbonyl (C=O) groups is 2. The molecule has 12 nitrogen and oxygen atoms in total. The number of hydrogen-bond acceptors (Lipinski definition) is 12. The van der Waals surface area contributed by atoms with E-state index >= 15 is 0 Å². The Morgan fingerprint density at radius 3 is 2.39 bits per heavy atom. The Morgan fingerprint density at radius 1 is 1.15 bits per heavy atom. The quantitative estimate of drug-likeness (QED) is 0.0900. The molecule has 1 heterocycles. The van der Waals surface area contributed by atoms with Gasteiger partial charge < -0.3 is 29.0 Å². The third-order valence-electron chi connectivity index (χ3n) is 5.17. The van der Waals surface area contributed by atoms with Gasteiger partial charge in [-0.3, -0.25) is 4.84 Å². The molecule has 1 atom stereocenters. The SMILES string of the molecule is CC1OC(CC2(CNC(=O)OCCSSCCOC(=O)OC(C)O[N+](=O)[O-])CCCCC2)O1. The topological polar surface area (TPSA) is 145 Å². The standard InChI is InChI=1S/C19H32N2O10S2/c1-14-28-16(29-14)12-19(6-4-3-5-7-19)13-20-17(22)26-8-10-32-33-11-9-27-18(23)30-15(2)31-21(24)25/h14-16H,3-13H2,1-2H3,(H,20,22). The summed E-state index contributed by atoms with van der Waals surface area (Å²) in [7, 11) is 2.90. The van der Waals surface area contributed by atoms with Crippen LogP contribution in [0.15, 0.2) is 0 Å². The van der Waals surface area contributed by atoms with Crippen LogP contribution >= 0.6 is 21.6 Å². The molecule has 1 saturated heterocycles. The molecule has 0 aromatic carbocycles. The van der Waals surface area contributed by atoms with E-state index in [2.05, 4.69) is 14.9 Å². The van der Waals surface area contributed by atoms with E-state index in [1.165, 1.54) is 34.9 Å². The van der Waals surface area contributed by atoms with Crippen molar-refractivity contribution >= 4 is 33.8 Å². The Kier molecular flexibility index (Phi) is 12.2. The van der Waals surface area contributed by atoms with Crippen molar-refractivity contribution in [2.24, 2.45) is 5.41 Å². The minimum absolute atomic E-state index is 0.0128. The van der Waals surface area contributed by atoms with E-state index in [1.54, 1.807) is 0 Å². The number of carbonyl (C=O) groups excluding carboxylic acids is 2. The fourth-order valence-corrected chi connectivity index (χ4v) is 5.36. The summed E-state index contributed by atoms with van der Waals surface area (Å²) in [5.41, 5.74) is -0.0128. The van der Waals surface area contributed by atoms with Crippen molar-refractivity contribution in [2.45, 2.75) is 71.2 Å². The molecule has 2 aliphatic rings. The maximum absolute atomic E-state index is 12.1. The summed E-state index contributed by atoms with van der Waals surface area (Å²) in [5.74, 6) is 1.05. The monoisotopic (exact) mass is 512 g/mol. The Labute approximate surface area is 200 Å². The smallest absolute Gasteiger partial charge is 0.449 e. The first-order chi connectivity index (χ1) is 15.8. The second kappa shape index (κ2) is 14.6. The van der Waals surface area contributed by atoms with E-state index in [1.807, 2.05) is 6.92 Å². The number of ether oxygens (including phenoxy) is 5. The van der Waals surface area contributed by atoms with Gasteiger partial charge in [-0.1, -0.05) is 40.9 Å². The molecule has 1 unspecified atom stereocenters. The van der Waals surface area contributed by atoms with E-state index < -0.39 is 23.6 Å². The van der Waals surface area contributed by atoms with Crippen LogP contribution in [0, 0.1) is 15.5 Å². The average Bonchev–Trinajstić information content (AvgIpc) is 2.73. The second-order valence-corrected chi connectivity index (χ2v) is 10.5. The Morgan fingerprint density at radius 2 is 1.79 bits per heavy atom. The largest absolute Gasteiger partial charge is 0.510 e. The van der Waals surface area contributed by atoms with E-state index in [4.69, 9.17) is 18.9 Å². The van der Waals surface area contributed by atoms with Gasteiger partial charge in [-0.15, -0.1) is 10.1 Å². The zero-order valence-corrected chi connectivity index (χ0v) is 20.5. The minimum Gasteiger partial charge on any atom is -0.449 e. The van der Waals surface area contributed by atoms with E-state index in [9.17, 15) is 19.7 Å². The molecular weight excluding hydrogens is 480 g/mol. The Hall–Kier alpha value is -1.64. The van der Waals surface area contributed by atoms with Gasteiger partial charge in [0.15, 0.2) is 12.6 Å². The molecule has 0 bridgehead atoms. The normalized spacial score (nSPS) is 22.4. The van der Waals surface area contributed by atoms with Crippen LogP contribution in [0.1, 0.15) is 52.4 Å². The number of amides is 1. The molecule has 0 aromatic rings. The van der Waals surface area contributed by atoms with Crippen LogP contribution in [-0.4, -0.2) is 67.5 Å². The van der Waals surface area contributed by atoms with Crippen LogP contribution in [0.4, 0.5) is 9.59 Å². The molecule has 0 spiro atoms. The van der Waals surface area contributed by atoms with Crippen LogP contribution in [0.5, 0.6) is 0 Å². The van der Waals surface area contributed by atoms with Gasteiger partial charge in [0.2, 0.25) is 6.29 Å². The highest BCUT2D eigenvalue weighted by Gasteiger charge is 2.39. The predicted molar refractivity (Wildman–Crippen MR) is 120 cm³/mol. The van der Waals surface area contributed by atoms with Gasteiger partial charge in [-0.25, -0.2) is 9.59 Å². The molecule has 1 aliphatic heterocycles. The molecule has 33 heavy (non-hydrogen) atoms. The van der Waals surface area contributed by atoms with Crippen LogP contribution in [0.3, 0.4) is 0 Å². The van der Waals surface area contributed by atoms with Gasteiger partial charge in [-0.05, 0) is 32.1 Å². The van der Waals surface area contributed by atoms with Crippen LogP contribution in [-0.2, 0) is 28.5 Å². The summed E-state index contributed by atoms with van der Waals surface area (Å²) in [6, 6.07) is 0. The molecule has 1 aliphatic carbocycles. The van der Waals surface area contributed by atoms with Gasteiger partial charge in [-0.2, -0.15) is 0 Å². The molecule has 2 rings (SSSR count). The van der Waals surface area contributed by atoms with Crippen molar-refractivity contribution in [3.8, 4) is 0 Å². The maximum atomic E-state index is 12.1. The number of rotatable bonds is 14. The highest BCUT2D eigenvalue weighted by molar-refractivity contribution is 8.76. The summed E-state index contributed by atoms with van der Waals surface area (Å²) >= 11 is 0. The third-order valence-corrected chi connectivity index (χ3v) is 7.51. The second-order valence-electron chi connectivity index (χ2n) is 7.78. The molecule has 1 amide bonds. The maximum Gasteiger partial charge on any atom is 0.510 e. The summed E-state index contributed by atoms with van der Waals surface area (Å²) in [4.78, 5) is 37.5. The molecule has 190 valence electrons. The highest BCUT2D eigenvalue weighted by atomic mass is 33.1. The first-order valence-electron chi connectivity index (χ1n) is 10.9. The number of nitrogens with zero attached hydrogens (tertiary/aromatic N) is 1. The van der Waals surface area contributed by atoms with Gasteiger partial charge in [0.1, 0.15) is 13.2 Å². The van der Waals surface area contributed by atoms with Crippen LogP contribution in [0.25, 0.3) is 0 Å². The fraction of sp³-hybridized carbons (Fsp3) is 0.895. The zero-order valence-electron chi connectivity index (χ0n) is 18.9. The van der Waals surface area contributed by atoms with Gasteiger partial charge in [0.25, 0.3) is 5.09 Å². The molecule has 1 N–H and O–H groups in total. The molecule has 14 heteroatoms. The lowest BCUT2D eigenvalue weighted by Gasteiger charge is -2.43. The lowest BCUT2D eigenvalue weighted by atomic mass is 9.71. The number of alkyl carbamates (subject to hydrolysis) is 1. The van der Waals surface area contributed by atoms with Crippen molar-refractivity contribution in [1.82, 2.24) is 5.32 Å². The van der Waals surface area contributed by atoms with Gasteiger partial charge >= 0.3 is 12.2 Å². The Bertz CT molecular complexity index is 630. The molecule has 0 radical (unpaired) electrons. The van der Waals surface area contributed by atoms with Crippen LogP contribution in [0.2, 0.25) is 0 Å². The highest BCUT2D eigenvalue weighted by Crippen LogP contribution is 2.42. The van der Waals surface area contributed by atoms with E-state index in [-0.39, 0.29) is 31.2 Å². The third kappa shape index (κ3) is 11.4. The summed E-state index contributed by atoms with van der Waals surface area (Å²) in [6.45, 7) is 3.94. The molecular formula is C19H32N2O10S2. The zero-order chi connectivity index (χ0) is 24.1. The summed E-state index contributed by atoms with van der Waals surface area (Å²) in [6.07, 6.45) is 3.18. The van der Waals surface area contributed by atoms with Crippen molar-refractivity contribution in [1.29, 1.82) is 0 Å². The van der Waals surface area contributed by atoms with Crippen LogP contribution < -0.4 is 5.32 Å². The van der Waals surface area contributed by atoms with Crippen molar-refractivity contribution in [2.75, 3.05) is 31.3 Å². The molecule has 2 fully saturated rings. The van der Waals surface area contributed by atoms with E-state index in [0.717, 1.165) is 32.1 Å². The van der Waals surface area contributed by atoms with Gasteiger partial charge in [0, 0.05) is 24.5 Å². The summed E-state index contributed by atoms with van der Waals surface area (Å²) in [5, 5.41) is 11.9. The van der Waals surface area contributed by atoms with E-state index in [0.29, 0.717) is 18.1 Å². The fourth-order valence-electron chi connectivity index (χ4n) is 3.71. The van der Waals surface area contributed by atoms with Gasteiger partial charge in [0.05, 0.1) is 0 Å². The number of nitrogens with one attached hydrogen (secondary N) is 1. The lowest BCUT2D eigenvalue weighted by molar-refractivity contribution is -0.777. The van der Waals surface area contributed by atoms with Crippen molar-refractivity contribution in [3.63, 3.8) is 0 Å². The van der Waals surface area contributed by atoms with Crippen molar-refractivity contribution < 1.29 is 43.2 Å². The molecule has 1 saturated carbocycles. The predicted octanol–water partition coefficient (Wildman–Crippen LogP) is 3.86. The first-order valence-corrected chi connectivity index (χ1v) is 13.4. The first kappa shape index (κ1) is 27.6. The molecule has 0 aromatic heterocycles. The summed E-state index contributed by atoms with van der Waals surface area (Å²) < 4.78 is 25.7.